The molecule has 21 heavy (non-hydrogen) atoms. The lowest BCUT2D eigenvalue weighted by Gasteiger charge is -2.32. The van der Waals surface area contributed by atoms with Gasteiger partial charge in [-0.3, -0.25) is 4.79 Å². The second-order valence-electron chi connectivity index (χ2n) is 4.67. The third-order valence-corrected chi connectivity index (χ3v) is 3.22. The smallest absolute Gasteiger partial charge is 0.353 e. The zero-order valence-electron chi connectivity index (χ0n) is 11.2. The molecule has 5 nitrogen and oxygen atoms in total. The van der Waals surface area contributed by atoms with Crippen molar-refractivity contribution in [3.05, 3.63) is 29.8 Å². The SMILES string of the molecule is C[C@@H]1C(=O)NCCN1C(=O)Nc1ccc(C(F)(F)F)cc1. The maximum absolute atomic E-state index is 12.4. The van der Waals surface area contributed by atoms with Gasteiger partial charge in [0.05, 0.1) is 5.56 Å². The van der Waals surface area contributed by atoms with E-state index in [1.165, 1.54) is 17.0 Å². The molecule has 1 atom stereocenters. The third kappa shape index (κ3) is 3.45. The highest BCUT2D eigenvalue weighted by Gasteiger charge is 2.31. The molecule has 1 heterocycles. The number of rotatable bonds is 1. The number of amides is 3. The fourth-order valence-electron chi connectivity index (χ4n) is 2.00. The fourth-order valence-corrected chi connectivity index (χ4v) is 2.00. The van der Waals surface area contributed by atoms with Gasteiger partial charge in [-0.2, -0.15) is 13.2 Å². The molecule has 0 spiro atoms. The molecule has 1 saturated heterocycles. The Morgan fingerprint density at radius 3 is 2.52 bits per heavy atom. The molecule has 0 unspecified atom stereocenters. The van der Waals surface area contributed by atoms with E-state index in [1.807, 2.05) is 0 Å². The van der Waals surface area contributed by atoms with E-state index in [-0.39, 0.29) is 11.6 Å². The first kappa shape index (κ1) is 15.1. The molecular weight excluding hydrogens is 287 g/mol. The van der Waals surface area contributed by atoms with Crippen LogP contribution in [0.4, 0.5) is 23.7 Å². The Kier molecular flexibility index (Phi) is 4.06. The van der Waals surface area contributed by atoms with Crippen molar-refractivity contribution < 1.29 is 22.8 Å². The Morgan fingerprint density at radius 1 is 1.33 bits per heavy atom. The van der Waals surface area contributed by atoms with Crippen LogP contribution in [0.1, 0.15) is 12.5 Å². The van der Waals surface area contributed by atoms with Gasteiger partial charge in [0.1, 0.15) is 6.04 Å². The normalized spacial score (nSPS) is 19.1. The molecule has 3 amide bonds. The summed E-state index contributed by atoms with van der Waals surface area (Å²) < 4.78 is 37.3. The zero-order valence-corrected chi connectivity index (χ0v) is 11.2. The van der Waals surface area contributed by atoms with Gasteiger partial charge in [0, 0.05) is 18.8 Å². The summed E-state index contributed by atoms with van der Waals surface area (Å²) in [5, 5.41) is 5.10. The molecule has 0 aromatic heterocycles. The van der Waals surface area contributed by atoms with Crippen molar-refractivity contribution in [1.29, 1.82) is 0 Å². The molecule has 114 valence electrons. The summed E-state index contributed by atoms with van der Waals surface area (Å²) in [5.74, 6) is -0.260. The van der Waals surface area contributed by atoms with E-state index in [4.69, 9.17) is 0 Å². The van der Waals surface area contributed by atoms with Crippen LogP contribution in [0.5, 0.6) is 0 Å². The van der Waals surface area contributed by atoms with Crippen LogP contribution in [0.2, 0.25) is 0 Å². The standard InChI is InChI=1S/C13H14F3N3O2/c1-8-11(20)17-6-7-19(8)12(21)18-10-4-2-9(3-5-10)13(14,15)16/h2-5,8H,6-7H2,1H3,(H,17,20)(H,18,21)/t8-/m1/s1. The molecule has 2 N–H and O–H groups in total. The highest BCUT2D eigenvalue weighted by molar-refractivity contribution is 5.94. The van der Waals surface area contributed by atoms with E-state index < -0.39 is 23.8 Å². The Balaban J connectivity index is 2.04. The summed E-state index contributed by atoms with van der Waals surface area (Å²) in [4.78, 5) is 24.8. The fraction of sp³-hybridized carbons (Fsp3) is 0.385. The number of anilines is 1. The van der Waals surface area contributed by atoms with Crippen molar-refractivity contribution in [1.82, 2.24) is 10.2 Å². The summed E-state index contributed by atoms with van der Waals surface area (Å²) >= 11 is 0. The van der Waals surface area contributed by atoms with E-state index in [2.05, 4.69) is 10.6 Å². The van der Waals surface area contributed by atoms with Crippen molar-refractivity contribution in [2.24, 2.45) is 0 Å². The number of benzene rings is 1. The number of piperazine rings is 1. The summed E-state index contributed by atoms with van der Waals surface area (Å²) in [5.41, 5.74) is -0.544. The van der Waals surface area contributed by atoms with E-state index in [1.54, 1.807) is 6.92 Å². The topological polar surface area (TPSA) is 61.4 Å². The maximum atomic E-state index is 12.4. The van der Waals surface area contributed by atoms with Gasteiger partial charge < -0.3 is 15.5 Å². The summed E-state index contributed by atoms with van der Waals surface area (Å²) in [6, 6.07) is 3.00. The van der Waals surface area contributed by atoms with Gasteiger partial charge in [0.2, 0.25) is 5.91 Å². The molecule has 1 aromatic rings. The van der Waals surface area contributed by atoms with Gasteiger partial charge in [-0.25, -0.2) is 4.79 Å². The Hall–Kier alpha value is -2.25. The average molecular weight is 301 g/mol. The Labute approximate surface area is 119 Å². The molecule has 0 saturated carbocycles. The number of hydrogen-bond donors (Lipinski definition) is 2. The van der Waals surface area contributed by atoms with Crippen LogP contribution in [0.25, 0.3) is 0 Å². The van der Waals surface area contributed by atoms with Crippen molar-refractivity contribution in [3.63, 3.8) is 0 Å². The largest absolute Gasteiger partial charge is 0.416 e. The number of alkyl halides is 3. The van der Waals surface area contributed by atoms with Crippen LogP contribution < -0.4 is 10.6 Å². The van der Waals surface area contributed by atoms with Crippen LogP contribution in [-0.2, 0) is 11.0 Å². The van der Waals surface area contributed by atoms with Crippen molar-refractivity contribution in [2.75, 3.05) is 18.4 Å². The van der Waals surface area contributed by atoms with Crippen LogP contribution >= 0.6 is 0 Å². The number of nitrogens with one attached hydrogen (secondary N) is 2. The summed E-state index contributed by atoms with van der Waals surface area (Å²) in [6.07, 6.45) is -4.41. The van der Waals surface area contributed by atoms with Gasteiger partial charge in [-0.15, -0.1) is 0 Å². The van der Waals surface area contributed by atoms with Gasteiger partial charge in [-0.1, -0.05) is 0 Å². The van der Waals surface area contributed by atoms with Crippen molar-refractivity contribution in [3.8, 4) is 0 Å². The molecule has 8 heteroatoms. The highest BCUT2D eigenvalue weighted by Crippen LogP contribution is 2.29. The van der Waals surface area contributed by atoms with E-state index in [0.717, 1.165) is 12.1 Å². The van der Waals surface area contributed by atoms with Crippen LogP contribution in [0.3, 0.4) is 0 Å². The molecular formula is C13H14F3N3O2. The number of carbonyl (C=O) groups excluding carboxylic acids is 2. The first-order chi connectivity index (χ1) is 9.79. The molecule has 1 fully saturated rings. The number of carbonyl (C=O) groups is 2. The molecule has 2 rings (SSSR count). The second kappa shape index (κ2) is 5.63. The zero-order chi connectivity index (χ0) is 15.6. The highest BCUT2D eigenvalue weighted by atomic mass is 19.4. The first-order valence-electron chi connectivity index (χ1n) is 6.31. The maximum Gasteiger partial charge on any atom is 0.416 e. The molecule has 1 aliphatic heterocycles. The monoisotopic (exact) mass is 301 g/mol. The van der Waals surface area contributed by atoms with Gasteiger partial charge in [0.15, 0.2) is 0 Å². The van der Waals surface area contributed by atoms with Crippen LogP contribution in [0.15, 0.2) is 24.3 Å². The Bertz CT molecular complexity index is 543. The predicted molar refractivity (Wildman–Crippen MR) is 69.6 cm³/mol. The van der Waals surface area contributed by atoms with Gasteiger partial charge >= 0.3 is 12.2 Å². The lowest BCUT2D eigenvalue weighted by molar-refractivity contribution is -0.137. The van der Waals surface area contributed by atoms with Crippen molar-refractivity contribution >= 4 is 17.6 Å². The van der Waals surface area contributed by atoms with E-state index in [9.17, 15) is 22.8 Å². The minimum atomic E-state index is -4.41. The number of urea groups is 1. The molecule has 0 radical (unpaired) electrons. The minimum Gasteiger partial charge on any atom is -0.353 e. The molecule has 1 aliphatic rings. The van der Waals surface area contributed by atoms with Crippen LogP contribution in [0, 0.1) is 0 Å². The molecule has 0 bridgehead atoms. The number of hydrogen-bond acceptors (Lipinski definition) is 2. The van der Waals surface area contributed by atoms with Crippen molar-refractivity contribution in [2.45, 2.75) is 19.1 Å². The van der Waals surface area contributed by atoms with Gasteiger partial charge in [0.25, 0.3) is 0 Å². The number of nitrogens with zero attached hydrogens (tertiary/aromatic N) is 1. The van der Waals surface area contributed by atoms with E-state index >= 15 is 0 Å². The summed E-state index contributed by atoms with van der Waals surface area (Å²) in [7, 11) is 0. The second-order valence-corrected chi connectivity index (χ2v) is 4.67. The third-order valence-electron chi connectivity index (χ3n) is 3.22. The average Bonchev–Trinajstić information content (AvgIpc) is 2.41. The van der Waals surface area contributed by atoms with E-state index in [0.29, 0.717) is 13.1 Å². The lowest BCUT2D eigenvalue weighted by atomic mass is 10.2. The lowest BCUT2D eigenvalue weighted by Crippen LogP contribution is -2.56. The predicted octanol–water partition coefficient (Wildman–Crippen LogP) is 2.06. The number of halogens is 3. The minimum absolute atomic E-state index is 0.242. The first-order valence-corrected chi connectivity index (χ1v) is 6.31. The molecule has 0 aliphatic carbocycles. The Morgan fingerprint density at radius 2 is 1.95 bits per heavy atom. The molecule has 1 aromatic carbocycles. The van der Waals surface area contributed by atoms with Crippen LogP contribution in [-0.4, -0.2) is 36.0 Å². The summed E-state index contributed by atoms with van der Waals surface area (Å²) in [6.45, 7) is 2.28. The quantitative estimate of drug-likeness (QED) is 0.834. The van der Waals surface area contributed by atoms with Gasteiger partial charge in [-0.05, 0) is 31.2 Å².